The van der Waals surface area contributed by atoms with E-state index in [-0.39, 0.29) is 18.7 Å². The zero-order valence-electron chi connectivity index (χ0n) is 17.5. The molecule has 0 saturated carbocycles. The Hall–Kier alpha value is -4.34. The molecule has 4 amide bonds. The molecule has 2 aromatic carbocycles. The van der Waals surface area contributed by atoms with E-state index >= 15 is 0 Å². The number of urea groups is 1. The molecule has 166 valence electrons. The molecule has 1 unspecified atom stereocenters. The summed E-state index contributed by atoms with van der Waals surface area (Å²) in [6, 6.07) is 11.8. The lowest BCUT2D eigenvalue weighted by Gasteiger charge is -2.31. The highest BCUT2D eigenvalue weighted by Gasteiger charge is 2.50. The molecule has 2 N–H and O–H groups in total. The molecule has 0 bridgehead atoms. The number of imide groups is 1. The van der Waals surface area contributed by atoms with Gasteiger partial charge >= 0.3 is 6.03 Å². The van der Waals surface area contributed by atoms with Crippen molar-refractivity contribution in [1.29, 1.82) is 0 Å². The van der Waals surface area contributed by atoms with Gasteiger partial charge in [0.15, 0.2) is 11.8 Å². The Kier molecular flexibility index (Phi) is 4.59. The normalized spacial score (nSPS) is 19.5. The lowest BCUT2D eigenvalue weighted by atomic mass is 9.88. The molecule has 1 fully saturated rings. The van der Waals surface area contributed by atoms with Crippen LogP contribution in [0.4, 0.5) is 9.18 Å². The van der Waals surface area contributed by atoms with E-state index in [0.717, 1.165) is 5.56 Å². The largest absolute Gasteiger partial charge is 0.331 e. The van der Waals surface area contributed by atoms with Gasteiger partial charge in [-0.05, 0) is 34.9 Å². The van der Waals surface area contributed by atoms with Crippen molar-refractivity contribution in [2.75, 3.05) is 6.54 Å². The number of halogens is 1. The summed E-state index contributed by atoms with van der Waals surface area (Å²) in [6.45, 7) is 0.0704. The number of nitrogens with one attached hydrogen (secondary N) is 2. The molecule has 1 saturated heterocycles. The molecule has 2 aliphatic heterocycles. The van der Waals surface area contributed by atoms with E-state index in [1.807, 2.05) is 0 Å². The number of carbonyl (C=O) groups excluding carboxylic acids is 4. The van der Waals surface area contributed by atoms with Gasteiger partial charge in [-0.15, -0.1) is 0 Å². The van der Waals surface area contributed by atoms with Crippen molar-refractivity contribution in [3.8, 4) is 11.3 Å². The average molecular weight is 447 g/mol. The molecule has 10 heteroatoms. The first-order valence-corrected chi connectivity index (χ1v) is 10.1. The van der Waals surface area contributed by atoms with Crippen LogP contribution in [0.2, 0.25) is 0 Å². The molecule has 9 nitrogen and oxygen atoms in total. The smallest absolute Gasteiger partial charge is 0.322 e. The highest BCUT2D eigenvalue weighted by atomic mass is 19.1. The Bertz CT molecular complexity index is 1330. The summed E-state index contributed by atoms with van der Waals surface area (Å²) in [4.78, 5) is 50.3. The van der Waals surface area contributed by atoms with E-state index in [1.165, 1.54) is 17.0 Å². The first kappa shape index (κ1) is 20.6. The van der Waals surface area contributed by atoms with E-state index in [1.54, 1.807) is 48.1 Å². The van der Waals surface area contributed by atoms with Gasteiger partial charge in [0.2, 0.25) is 0 Å². The topological polar surface area (TPSA) is 113 Å². The SMILES string of the molecule is Cn1nc(C=O)cc1-c1ccc(C2(CN3Cc4ccc(F)cc4C3=O)NC(=O)NC2=O)cc1. The first-order chi connectivity index (χ1) is 15.8. The van der Waals surface area contributed by atoms with E-state index < -0.39 is 29.2 Å². The fourth-order valence-electron chi connectivity index (χ4n) is 4.39. The predicted octanol–water partition coefficient (Wildman–Crippen LogP) is 1.73. The number of aldehydes is 1. The summed E-state index contributed by atoms with van der Waals surface area (Å²) in [6.07, 6.45) is 0.655. The Balaban J connectivity index is 1.49. The maximum atomic E-state index is 13.6. The zero-order chi connectivity index (χ0) is 23.3. The number of carbonyl (C=O) groups is 4. The van der Waals surface area contributed by atoms with Crippen molar-refractivity contribution in [2.45, 2.75) is 12.1 Å². The summed E-state index contributed by atoms with van der Waals surface area (Å²) in [5.41, 5.74) is 1.60. The molecule has 1 aromatic heterocycles. The molecule has 3 heterocycles. The summed E-state index contributed by atoms with van der Waals surface area (Å²) in [7, 11) is 1.71. The molecule has 3 aromatic rings. The Morgan fingerprint density at radius 3 is 2.52 bits per heavy atom. The predicted molar refractivity (Wildman–Crippen MR) is 114 cm³/mol. The van der Waals surface area contributed by atoms with Gasteiger partial charge < -0.3 is 10.2 Å². The number of benzene rings is 2. The van der Waals surface area contributed by atoms with Crippen LogP contribution in [0.1, 0.15) is 32.0 Å². The van der Waals surface area contributed by atoms with Gasteiger partial charge in [-0.3, -0.25) is 24.4 Å². The zero-order valence-corrected chi connectivity index (χ0v) is 17.5. The highest BCUT2D eigenvalue weighted by molar-refractivity contribution is 6.08. The average Bonchev–Trinajstić information content (AvgIpc) is 3.42. The number of amides is 4. The number of aryl methyl sites for hydroxylation is 1. The minimum Gasteiger partial charge on any atom is -0.331 e. The van der Waals surface area contributed by atoms with Crippen LogP contribution in [0.5, 0.6) is 0 Å². The number of fused-ring (bicyclic) bond motifs is 1. The number of hydrogen-bond acceptors (Lipinski definition) is 5. The van der Waals surface area contributed by atoms with Crippen molar-refractivity contribution >= 4 is 24.1 Å². The minimum absolute atomic E-state index is 0.125. The molecule has 33 heavy (non-hydrogen) atoms. The lowest BCUT2D eigenvalue weighted by Crippen LogP contribution is -2.52. The van der Waals surface area contributed by atoms with Gasteiger partial charge in [-0.25, -0.2) is 9.18 Å². The molecule has 5 rings (SSSR count). The van der Waals surface area contributed by atoms with Gasteiger partial charge in [0.1, 0.15) is 11.5 Å². The molecule has 0 aliphatic carbocycles. The van der Waals surface area contributed by atoms with Crippen molar-refractivity contribution in [3.05, 3.63) is 76.7 Å². The Morgan fingerprint density at radius 1 is 1.12 bits per heavy atom. The van der Waals surface area contributed by atoms with E-state index in [0.29, 0.717) is 28.8 Å². The van der Waals surface area contributed by atoms with Gasteiger partial charge in [0, 0.05) is 19.2 Å². The van der Waals surface area contributed by atoms with Crippen molar-refractivity contribution < 1.29 is 23.6 Å². The van der Waals surface area contributed by atoms with Gasteiger partial charge in [-0.2, -0.15) is 5.10 Å². The summed E-state index contributed by atoms with van der Waals surface area (Å²) < 4.78 is 15.2. The van der Waals surface area contributed by atoms with E-state index in [9.17, 15) is 23.6 Å². The first-order valence-electron chi connectivity index (χ1n) is 10.1. The Morgan fingerprint density at radius 2 is 1.88 bits per heavy atom. The third kappa shape index (κ3) is 3.27. The number of rotatable bonds is 5. The Labute approximate surface area is 187 Å². The molecular formula is C23H18FN5O4. The maximum absolute atomic E-state index is 13.6. The lowest BCUT2D eigenvalue weighted by molar-refractivity contribution is -0.124. The quantitative estimate of drug-likeness (QED) is 0.457. The number of nitrogens with zero attached hydrogens (tertiary/aromatic N) is 3. The summed E-state index contributed by atoms with van der Waals surface area (Å²) in [5.74, 6) is -1.52. The maximum Gasteiger partial charge on any atom is 0.322 e. The molecule has 0 spiro atoms. The monoisotopic (exact) mass is 447 g/mol. The van der Waals surface area contributed by atoms with Gasteiger partial charge in [0.05, 0.1) is 12.2 Å². The van der Waals surface area contributed by atoms with Crippen LogP contribution in [-0.4, -0.2) is 45.4 Å². The van der Waals surface area contributed by atoms with E-state index in [4.69, 9.17) is 0 Å². The van der Waals surface area contributed by atoms with Crippen LogP contribution in [0.25, 0.3) is 11.3 Å². The molecular weight excluding hydrogens is 429 g/mol. The van der Waals surface area contributed by atoms with Crippen molar-refractivity contribution in [3.63, 3.8) is 0 Å². The van der Waals surface area contributed by atoms with Crippen LogP contribution < -0.4 is 10.6 Å². The van der Waals surface area contributed by atoms with Gasteiger partial charge in [0.25, 0.3) is 11.8 Å². The fourth-order valence-corrected chi connectivity index (χ4v) is 4.39. The fraction of sp³-hybridized carbons (Fsp3) is 0.174. The second-order valence-corrected chi connectivity index (χ2v) is 8.05. The minimum atomic E-state index is -1.51. The van der Waals surface area contributed by atoms with E-state index in [2.05, 4.69) is 15.7 Å². The van der Waals surface area contributed by atoms with Crippen molar-refractivity contribution in [1.82, 2.24) is 25.3 Å². The van der Waals surface area contributed by atoms with Crippen LogP contribution in [0, 0.1) is 5.82 Å². The second kappa shape index (κ2) is 7.37. The third-order valence-electron chi connectivity index (χ3n) is 6.01. The van der Waals surface area contributed by atoms with Crippen molar-refractivity contribution in [2.24, 2.45) is 7.05 Å². The summed E-state index contributed by atoms with van der Waals surface area (Å²) >= 11 is 0. The van der Waals surface area contributed by atoms with Crippen LogP contribution in [0.15, 0.2) is 48.5 Å². The third-order valence-corrected chi connectivity index (χ3v) is 6.01. The molecule has 1 atom stereocenters. The van der Waals surface area contributed by atoms with Crippen LogP contribution >= 0.6 is 0 Å². The molecule has 0 radical (unpaired) electrons. The standard InChI is InChI=1S/C23H18FN5O4/c1-28-19(9-17(11-30)27-28)13-2-5-15(6-3-13)23(21(32)25-22(33)26-23)12-29-10-14-4-7-16(24)8-18(14)20(29)31/h2-9,11H,10,12H2,1H3,(H2,25,26,32,33). The number of aromatic nitrogens is 2. The summed E-state index contributed by atoms with van der Waals surface area (Å²) in [5, 5.41) is 9.02. The molecule has 2 aliphatic rings. The van der Waals surface area contributed by atoms with Crippen LogP contribution in [0.3, 0.4) is 0 Å². The second-order valence-electron chi connectivity index (χ2n) is 8.05. The van der Waals surface area contributed by atoms with Crippen LogP contribution in [-0.2, 0) is 23.9 Å². The van der Waals surface area contributed by atoms with Gasteiger partial charge in [-0.1, -0.05) is 30.3 Å². The number of hydrogen-bond donors (Lipinski definition) is 2. The highest BCUT2D eigenvalue weighted by Crippen LogP contribution is 2.32.